The second-order valence-electron chi connectivity index (χ2n) is 3.08. The van der Waals surface area contributed by atoms with Crippen LogP contribution in [0.3, 0.4) is 0 Å². The van der Waals surface area contributed by atoms with Gasteiger partial charge in [-0.05, 0) is 30.0 Å². The van der Waals surface area contributed by atoms with E-state index in [1.54, 1.807) is 18.2 Å². The number of rotatable bonds is 3. The average molecular weight is 235 g/mol. The molecule has 5 heteroatoms. The second kappa shape index (κ2) is 4.40. The third-order valence-corrected chi connectivity index (χ3v) is 2.51. The van der Waals surface area contributed by atoms with Crippen molar-refractivity contribution in [2.45, 2.75) is 5.22 Å². The van der Waals surface area contributed by atoms with Crippen molar-refractivity contribution in [3.05, 3.63) is 29.8 Å². The van der Waals surface area contributed by atoms with Crippen LogP contribution in [0.5, 0.6) is 0 Å². The Balaban J connectivity index is 2.39. The molecule has 1 heterocycles. The lowest BCUT2D eigenvalue weighted by molar-refractivity contribution is -0.131. The average Bonchev–Trinajstić information content (AvgIpc) is 2.68. The number of nitrogens with zero attached hydrogens (tertiary/aromatic N) is 1. The Labute approximate surface area is 96.0 Å². The molecule has 4 nitrogen and oxygen atoms in total. The van der Waals surface area contributed by atoms with Crippen molar-refractivity contribution in [2.75, 3.05) is 6.26 Å². The van der Waals surface area contributed by atoms with Gasteiger partial charge in [-0.2, -0.15) is 0 Å². The third kappa shape index (κ3) is 2.25. The molecule has 0 aliphatic rings. The number of benzene rings is 1. The summed E-state index contributed by atoms with van der Waals surface area (Å²) in [4.78, 5) is 14.6. The van der Waals surface area contributed by atoms with Gasteiger partial charge in [-0.15, -0.1) is 0 Å². The molecular formula is C11H9NO3S. The number of hydrogen-bond donors (Lipinski definition) is 1. The molecule has 0 atom stereocenters. The minimum atomic E-state index is -0.970. The van der Waals surface area contributed by atoms with Gasteiger partial charge in [0.15, 0.2) is 5.58 Å². The number of hydrogen-bond acceptors (Lipinski definition) is 4. The molecule has 0 spiro atoms. The van der Waals surface area contributed by atoms with Gasteiger partial charge in [-0.1, -0.05) is 17.8 Å². The molecule has 0 saturated heterocycles. The Kier molecular flexibility index (Phi) is 2.96. The normalized spacial score (nSPS) is 11.3. The lowest BCUT2D eigenvalue weighted by Gasteiger charge is -1.91. The Morgan fingerprint density at radius 2 is 2.38 bits per heavy atom. The van der Waals surface area contributed by atoms with E-state index in [0.717, 1.165) is 17.2 Å². The minimum Gasteiger partial charge on any atom is -0.478 e. The molecule has 0 radical (unpaired) electrons. The maximum Gasteiger partial charge on any atom is 0.328 e. The van der Waals surface area contributed by atoms with Crippen molar-refractivity contribution in [3.8, 4) is 0 Å². The summed E-state index contributed by atoms with van der Waals surface area (Å²) in [5.74, 6) is -0.970. The monoisotopic (exact) mass is 235 g/mol. The summed E-state index contributed by atoms with van der Waals surface area (Å²) in [5.41, 5.74) is 2.22. The highest BCUT2D eigenvalue weighted by Gasteiger charge is 2.04. The van der Waals surface area contributed by atoms with E-state index in [4.69, 9.17) is 9.52 Å². The number of carbonyl (C=O) groups is 1. The van der Waals surface area contributed by atoms with E-state index < -0.39 is 5.97 Å². The number of aromatic nitrogens is 1. The van der Waals surface area contributed by atoms with Gasteiger partial charge in [0.1, 0.15) is 5.52 Å². The molecule has 1 aromatic heterocycles. The van der Waals surface area contributed by atoms with Crippen LogP contribution in [0.1, 0.15) is 5.56 Å². The predicted octanol–water partition coefficient (Wildman–Crippen LogP) is 2.65. The van der Waals surface area contributed by atoms with Crippen LogP contribution in [0.25, 0.3) is 17.2 Å². The molecule has 2 rings (SSSR count). The maximum atomic E-state index is 10.4. The van der Waals surface area contributed by atoms with E-state index in [1.165, 1.54) is 17.8 Å². The number of aliphatic carboxylic acids is 1. The van der Waals surface area contributed by atoms with Crippen LogP contribution >= 0.6 is 11.8 Å². The van der Waals surface area contributed by atoms with Gasteiger partial charge in [0, 0.05) is 6.08 Å². The van der Waals surface area contributed by atoms with Crippen LogP contribution < -0.4 is 0 Å². The molecular weight excluding hydrogens is 226 g/mol. The fourth-order valence-corrected chi connectivity index (χ4v) is 1.64. The van der Waals surface area contributed by atoms with E-state index in [1.807, 2.05) is 6.26 Å². The zero-order chi connectivity index (χ0) is 11.5. The van der Waals surface area contributed by atoms with Gasteiger partial charge in [0.05, 0.1) is 0 Å². The number of oxazole rings is 1. The fourth-order valence-electron chi connectivity index (χ4n) is 1.28. The summed E-state index contributed by atoms with van der Waals surface area (Å²) >= 11 is 1.43. The molecule has 16 heavy (non-hydrogen) atoms. The summed E-state index contributed by atoms with van der Waals surface area (Å²) < 4.78 is 5.44. The quantitative estimate of drug-likeness (QED) is 0.654. The van der Waals surface area contributed by atoms with E-state index in [9.17, 15) is 4.79 Å². The third-order valence-electron chi connectivity index (χ3n) is 1.99. The Morgan fingerprint density at radius 3 is 3.06 bits per heavy atom. The van der Waals surface area contributed by atoms with E-state index >= 15 is 0 Å². The van der Waals surface area contributed by atoms with Crippen molar-refractivity contribution in [3.63, 3.8) is 0 Å². The number of carboxylic acids is 1. The molecule has 2 aromatic rings. The molecule has 0 fully saturated rings. The first kappa shape index (κ1) is 10.8. The van der Waals surface area contributed by atoms with Crippen molar-refractivity contribution in [1.29, 1.82) is 0 Å². The Bertz CT molecular complexity index is 559. The molecule has 0 saturated carbocycles. The molecule has 0 unspecified atom stereocenters. The van der Waals surface area contributed by atoms with Crippen LogP contribution in [0, 0.1) is 0 Å². The van der Waals surface area contributed by atoms with Gasteiger partial charge < -0.3 is 9.52 Å². The first-order chi connectivity index (χ1) is 7.69. The highest BCUT2D eigenvalue weighted by molar-refractivity contribution is 7.98. The largest absolute Gasteiger partial charge is 0.478 e. The van der Waals surface area contributed by atoms with Crippen molar-refractivity contribution < 1.29 is 14.3 Å². The molecule has 0 bridgehead atoms. The van der Waals surface area contributed by atoms with Crippen molar-refractivity contribution in [1.82, 2.24) is 4.98 Å². The summed E-state index contributed by atoms with van der Waals surface area (Å²) in [7, 11) is 0. The summed E-state index contributed by atoms with van der Waals surface area (Å²) in [6.45, 7) is 0. The fraction of sp³-hybridized carbons (Fsp3) is 0.0909. The van der Waals surface area contributed by atoms with Gasteiger partial charge in [-0.25, -0.2) is 9.78 Å². The maximum absolute atomic E-state index is 10.4. The van der Waals surface area contributed by atoms with E-state index in [2.05, 4.69) is 4.98 Å². The number of carboxylic acid groups (broad SMARTS) is 1. The summed E-state index contributed by atoms with van der Waals surface area (Å²) in [6.07, 6.45) is 4.49. The van der Waals surface area contributed by atoms with Crippen molar-refractivity contribution >= 4 is 34.9 Å². The zero-order valence-electron chi connectivity index (χ0n) is 8.51. The number of fused-ring (bicyclic) bond motifs is 1. The Hall–Kier alpha value is -1.75. The van der Waals surface area contributed by atoms with Crippen LogP contribution in [-0.4, -0.2) is 22.3 Å². The lowest BCUT2D eigenvalue weighted by Crippen LogP contribution is -1.85. The molecule has 1 N–H and O–H groups in total. The smallest absolute Gasteiger partial charge is 0.328 e. The standard InChI is InChI=1S/C11H9NO3S/c1-16-11-12-8-4-2-7(3-5-10(13)14)6-9(8)15-11/h2-6H,1H3,(H,13,14)/b5-3+. The molecule has 0 aliphatic heterocycles. The molecule has 0 amide bonds. The van der Waals surface area contributed by atoms with Crippen LogP contribution in [-0.2, 0) is 4.79 Å². The Morgan fingerprint density at radius 1 is 1.56 bits per heavy atom. The van der Waals surface area contributed by atoms with Gasteiger partial charge in [0.2, 0.25) is 0 Å². The van der Waals surface area contributed by atoms with Crippen molar-refractivity contribution in [2.24, 2.45) is 0 Å². The topological polar surface area (TPSA) is 63.3 Å². The predicted molar refractivity (Wildman–Crippen MR) is 62.5 cm³/mol. The van der Waals surface area contributed by atoms with Crippen LogP contribution in [0.2, 0.25) is 0 Å². The highest BCUT2D eigenvalue weighted by atomic mass is 32.2. The second-order valence-corrected chi connectivity index (χ2v) is 3.84. The SMILES string of the molecule is CSc1nc2ccc(/C=C/C(=O)O)cc2o1. The number of thioether (sulfide) groups is 1. The first-order valence-corrected chi connectivity index (χ1v) is 5.77. The molecule has 0 aliphatic carbocycles. The molecule has 1 aromatic carbocycles. The van der Waals surface area contributed by atoms with E-state index in [0.29, 0.717) is 10.8 Å². The minimum absolute atomic E-state index is 0.606. The highest BCUT2D eigenvalue weighted by Crippen LogP contribution is 2.22. The van der Waals surface area contributed by atoms with Crippen LogP contribution in [0.4, 0.5) is 0 Å². The zero-order valence-corrected chi connectivity index (χ0v) is 9.32. The summed E-state index contributed by atoms with van der Waals surface area (Å²) in [6, 6.07) is 5.37. The lowest BCUT2D eigenvalue weighted by atomic mass is 10.2. The van der Waals surface area contributed by atoms with Gasteiger partial charge >= 0.3 is 5.97 Å². The van der Waals surface area contributed by atoms with Crippen LogP contribution in [0.15, 0.2) is 33.9 Å². The van der Waals surface area contributed by atoms with Gasteiger partial charge in [-0.3, -0.25) is 0 Å². The summed E-state index contributed by atoms with van der Waals surface area (Å²) in [5, 5.41) is 9.11. The molecule has 82 valence electrons. The first-order valence-electron chi connectivity index (χ1n) is 4.54. The van der Waals surface area contributed by atoms with E-state index in [-0.39, 0.29) is 0 Å². The van der Waals surface area contributed by atoms with Gasteiger partial charge in [0.25, 0.3) is 5.22 Å².